The maximum atomic E-state index is 13.0. The molecule has 0 bridgehead atoms. The number of nitrogens with zero attached hydrogens (tertiary/aromatic N) is 3. The van der Waals surface area contributed by atoms with Crippen LogP contribution in [0.5, 0.6) is 0 Å². The van der Waals surface area contributed by atoms with Gasteiger partial charge in [0.05, 0.1) is 12.6 Å². The largest absolute Gasteiger partial charge is 0.390 e. The molecule has 0 saturated heterocycles. The van der Waals surface area contributed by atoms with Crippen molar-refractivity contribution in [1.29, 1.82) is 0 Å². The maximum Gasteiger partial charge on any atom is 0.124 e. The predicted molar refractivity (Wildman–Crippen MR) is 59.1 cm³/mol. The first-order valence-corrected chi connectivity index (χ1v) is 5.17. The van der Waals surface area contributed by atoms with Gasteiger partial charge < -0.3 is 10.2 Å². The second-order valence-corrected chi connectivity index (χ2v) is 4.04. The van der Waals surface area contributed by atoms with Crippen molar-refractivity contribution >= 4 is 15.9 Å². The zero-order valence-corrected chi connectivity index (χ0v) is 9.67. The average molecular weight is 290 g/mol. The van der Waals surface area contributed by atoms with E-state index in [1.807, 2.05) is 0 Å². The average Bonchev–Trinajstić information content (AvgIpc) is 2.23. The van der Waals surface area contributed by atoms with Crippen molar-refractivity contribution in [3.8, 4) is 0 Å². The van der Waals surface area contributed by atoms with Crippen molar-refractivity contribution in [2.75, 3.05) is 6.54 Å². The lowest BCUT2D eigenvalue weighted by Gasteiger charge is -2.16. The molecule has 0 aliphatic rings. The molecule has 0 spiro atoms. The number of rotatable bonds is 4. The first kappa shape index (κ1) is 12.9. The predicted octanol–water partition coefficient (Wildman–Crippen LogP) is 2.29. The minimum Gasteiger partial charge on any atom is -0.390 e. The van der Waals surface area contributed by atoms with Gasteiger partial charge in [-0.3, -0.25) is 0 Å². The smallest absolute Gasteiger partial charge is 0.124 e. The third kappa shape index (κ3) is 3.46. The highest BCUT2D eigenvalue weighted by atomic mass is 79.9. The van der Waals surface area contributed by atoms with E-state index in [1.165, 1.54) is 12.1 Å². The summed E-state index contributed by atoms with van der Waals surface area (Å²) < 4.78 is 13.5. The van der Waals surface area contributed by atoms with Crippen LogP contribution in [0.4, 0.5) is 4.39 Å². The van der Waals surface area contributed by atoms with E-state index in [4.69, 9.17) is 5.53 Å². The number of aliphatic hydroxyl groups is 2. The molecular weight excluding hydrogens is 281 g/mol. The summed E-state index contributed by atoms with van der Waals surface area (Å²) >= 11 is 3.07. The number of hydrogen-bond donors (Lipinski definition) is 2. The molecule has 0 amide bonds. The monoisotopic (exact) mass is 289 g/mol. The molecule has 5 nitrogen and oxygen atoms in total. The van der Waals surface area contributed by atoms with Crippen LogP contribution >= 0.6 is 15.9 Å². The summed E-state index contributed by atoms with van der Waals surface area (Å²) in [6.07, 6.45) is -2.55. The van der Waals surface area contributed by atoms with Gasteiger partial charge >= 0.3 is 0 Å². The molecule has 7 heteroatoms. The maximum absolute atomic E-state index is 13.0. The van der Waals surface area contributed by atoms with Gasteiger partial charge in [-0.25, -0.2) is 4.39 Å². The Bertz CT molecular complexity index is 403. The molecule has 16 heavy (non-hydrogen) atoms. The van der Waals surface area contributed by atoms with Crippen molar-refractivity contribution in [1.82, 2.24) is 0 Å². The topological polar surface area (TPSA) is 89.2 Å². The van der Waals surface area contributed by atoms with Crippen LogP contribution in [0.25, 0.3) is 10.4 Å². The van der Waals surface area contributed by atoms with Gasteiger partial charge in [0.1, 0.15) is 11.9 Å². The van der Waals surface area contributed by atoms with Crippen LogP contribution in [-0.4, -0.2) is 22.9 Å². The Morgan fingerprint density at radius 2 is 2.12 bits per heavy atom. The molecule has 0 fully saturated rings. The Kier molecular flexibility index (Phi) is 4.70. The van der Waals surface area contributed by atoms with Crippen LogP contribution in [0, 0.1) is 5.82 Å². The van der Waals surface area contributed by atoms with Crippen LogP contribution < -0.4 is 0 Å². The van der Waals surface area contributed by atoms with Crippen LogP contribution in [0.1, 0.15) is 11.7 Å². The molecule has 0 heterocycles. The second kappa shape index (κ2) is 5.81. The van der Waals surface area contributed by atoms with Crippen molar-refractivity contribution < 1.29 is 14.6 Å². The number of aliphatic hydroxyl groups excluding tert-OH is 2. The van der Waals surface area contributed by atoms with Gasteiger partial charge in [0.2, 0.25) is 0 Å². The summed E-state index contributed by atoms with van der Waals surface area (Å²) in [6, 6.07) is 3.82. The SMILES string of the molecule is [N-]=[N+]=NCC(O)C(O)c1cc(F)cc(Br)c1. The first-order valence-electron chi connectivity index (χ1n) is 4.37. The molecule has 0 aliphatic heterocycles. The molecule has 1 aromatic carbocycles. The van der Waals surface area contributed by atoms with Gasteiger partial charge in [0.15, 0.2) is 0 Å². The molecule has 1 aromatic rings. The van der Waals surface area contributed by atoms with Crippen molar-refractivity contribution in [3.63, 3.8) is 0 Å². The lowest BCUT2D eigenvalue weighted by molar-refractivity contribution is 0.0242. The van der Waals surface area contributed by atoms with E-state index in [2.05, 4.69) is 26.0 Å². The zero-order valence-electron chi connectivity index (χ0n) is 8.09. The molecule has 0 radical (unpaired) electrons. The highest BCUT2D eigenvalue weighted by molar-refractivity contribution is 9.10. The normalized spacial score (nSPS) is 14.0. The third-order valence-electron chi connectivity index (χ3n) is 1.92. The van der Waals surface area contributed by atoms with E-state index in [9.17, 15) is 14.6 Å². The molecule has 2 atom stereocenters. The molecule has 0 saturated carbocycles. The summed E-state index contributed by atoms with van der Waals surface area (Å²) in [6.45, 7) is -0.272. The molecule has 0 aromatic heterocycles. The van der Waals surface area contributed by atoms with Crippen LogP contribution in [0.2, 0.25) is 0 Å². The lowest BCUT2D eigenvalue weighted by Crippen LogP contribution is -2.21. The van der Waals surface area contributed by atoms with Gasteiger partial charge in [-0.2, -0.15) is 0 Å². The van der Waals surface area contributed by atoms with Crippen LogP contribution in [0.15, 0.2) is 27.8 Å². The van der Waals surface area contributed by atoms with E-state index in [1.54, 1.807) is 0 Å². The quantitative estimate of drug-likeness (QED) is 0.506. The fourth-order valence-electron chi connectivity index (χ4n) is 1.19. The fourth-order valence-corrected chi connectivity index (χ4v) is 1.67. The Labute approximate surface area is 99.3 Å². The van der Waals surface area contributed by atoms with E-state index in [0.717, 1.165) is 6.07 Å². The van der Waals surface area contributed by atoms with Crippen molar-refractivity contribution in [2.45, 2.75) is 12.2 Å². The second-order valence-electron chi connectivity index (χ2n) is 3.13. The molecule has 1 rings (SSSR count). The third-order valence-corrected chi connectivity index (χ3v) is 2.38. The minimum absolute atomic E-state index is 0.215. The van der Waals surface area contributed by atoms with Gasteiger partial charge in [0, 0.05) is 9.38 Å². The number of hydrogen-bond acceptors (Lipinski definition) is 3. The summed E-state index contributed by atoms with van der Waals surface area (Å²) in [5.74, 6) is -0.528. The Morgan fingerprint density at radius 3 is 2.69 bits per heavy atom. The summed E-state index contributed by atoms with van der Waals surface area (Å²) in [7, 11) is 0. The highest BCUT2D eigenvalue weighted by Crippen LogP contribution is 2.22. The molecule has 86 valence electrons. The standard InChI is InChI=1S/C9H9BrFN3O2/c10-6-1-5(2-7(11)3-6)9(16)8(15)4-13-14-12/h1-3,8-9,15-16H,4H2. The summed E-state index contributed by atoms with van der Waals surface area (Å²) in [4.78, 5) is 2.46. The number of halogens is 2. The van der Waals surface area contributed by atoms with Gasteiger partial charge in [-0.15, -0.1) is 0 Å². The van der Waals surface area contributed by atoms with Gasteiger partial charge in [0.25, 0.3) is 0 Å². The Hall–Kier alpha value is -1.14. The van der Waals surface area contributed by atoms with Crippen LogP contribution in [-0.2, 0) is 0 Å². The molecule has 0 aliphatic carbocycles. The van der Waals surface area contributed by atoms with E-state index >= 15 is 0 Å². The van der Waals surface area contributed by atoms with E-state index in [-0.39, 0.29) is 12.1 Å². The fraction of sp³-hybridized carbons (Fsp3) is 0.333. The summed E-state index contributed by atoms with van der Waals surface area (Å²) in [5, 5.41) is 22.2. The van der Waals surface area contributed by atoms with Gasteiger partial charge in [-0.05, 0) is 29.3 Å². The molecule has 2 N–H and O–H groups in total. The van der Waals surface area contributed by atoms with E-state index < -0.39 is 18.0 Å². The Morgan fingerprint density at radius 1 is 1.44 bits per heavy atom. The van der Waals surface area contributed by atoms with Crippen molar-refractivity contribution in [3.05, 3.63) is 44.5 Å². The van der Waals surface area contributed by atoms with E-state index in [0.29, 0.717) is 4.47 Å². The zero-order chi connectivity index (χ0) is 12.1. The number of benzene rings is 1. The lowest BCUT2D eigenvalue weighted by atomic mass is 10.0. The van der Waals surface area contributed by atoms with Gasteiger partial charge in [-0.1, -0.05) is 21.0 Å². The van der Waals surface area contributed by atoms with Crippen molar-refractivity contribution in [2.24, 2.45) is 5.11 Å². The molecular formula is C9H9BrFN3O2. The van der Waals surface area contributed by atoms with Crippen LogP contribution in [0.3, 0.4) is 0 Å². The minimum atomic E-state index is -1.29. The summed E-state index contributed by atoms with van der Waals surface area (Å²) in [5.41, 5.74) is 8.27. The molecule has 2 unspecified atom stereocenters. The first-order chi connectivity index (χ1) is 7.54. The highest BCUT2D eigenvalue weighted by Gasteiger charge is 2.18. The number of azide groups is 1. The Balaban J connectivity index is 2.86.